The molecule has 0 bridgehead atoms. The molecule has 0 saturated carbocycles. The van der Waals surface area contributed by atoms with Gasteiger partial charge < -0.3 is 9.47 Å². The average molecular weight is 268 g/mol. The monoisotopic (exact) mass is 268 g/mol. The number of fused-ring (bicyclic) bond motifs is 1. The van der Waals surface area contributed by atoms with Crippen molar-refractivity contribution >= 4 is 5.78 Å². The molecular formula is C17H16O3. The number of methoxy groups -OCH3 is 2. The second-order valence-electron chi connectivity index (χ2n) is 4.89. The molecule has 0 aromatic heterocycles. The molecule has 0 radical (unpaired) electrons. The van der Waals surface area contributed by atoms with Crippen LogP contribution >= 0.6 is 0 Å². The van der Waals surface area contributed by atoms with Gasteiger partial charge in [0.25, 0.3) is 0 Å². The van der Waals surface area contributed by atoms with Crippen molar-refractivity contribution in [1.29, 1.82) is 0 Å². The van der Waals surface area contributed by atoms with Gasteiger partial charge in [0, 0.05) is 0 Å². The molecule has 3 heteroatoms. The Morgan fingerprint density at radius 1 is 1.10 bits per heavy atom. The van der Waals surface area contributed by atoms with E-state index in [9.17, 15) is 4.79 Å². The summed E-state index contributed by atoms with van der Waals surface area (Å²) in [6.07, 6.45) is 0.801. The van der Waals surface area contributed by atoms with E-state index >= 15 is 0 Å². The van der Waals surface area contributed by atoms with Gasteiger partial charge >= 0.3 is 0 Å². The summed E-state index contributed by atoms with van der Waals surface area (Å²) in [4.78, 5) is 12.7. The molecule has 0 amide bonds. The van der Waals surface area contributed by atoms with Gasteiger partial charge in [0.05, 0.1) is 25.7 Å². The molecule has 1 aliphatic carbocycles. The molecule has 0 N–H and O–H groups in total. The number of hydrogen-bond donors (Lipinski definition) is 0. The Labute approximate surface area is 118 Å². The first-order chi connectivity index (χ1) is 9.74. The van der Waals surface area contributed by atoms with Gasteiger partial charge in [-0.3, -0.25) is 4.79 Å². The predicted molar refractivity (Wildman–Crippen MR) is 76.8 cm³/mol. The minimum atomic E-state index is -0.0628. The molecular weight excluding hydrogens is 252 g/mol. The predicted octanol–water partition coefficient (Wildman–Crippen LogP) is 3.23. The van der Waals surface area contributed by atoms with Crippen molar-refractivity contribution < 1.29 is 14.3 Å². The Balaban J connectivity index is 1.96. The minimum absolute atomic E-state index is 0.0628. The molecule has 102 valence electrons. The van der Waals surface area contributed by atoms with Crippen LogP contribution in [-0.2, 0) is 6.42 Å². The fraction of sp³-hybridized carbons (Fsp3) is 0.235. The third-order valence-corrected chi connectivity index (χ3v) is 3.84. The maximum atomic E-state index is 12.7. The van der Waals surface area contributed by atoms with Crippen LogP contribution in [0.15, 0.2) is 42.5 Å². The van der Waals surface area contributed by atoms with Crippen LogP contribution in [0.5, 0.6) is 11.5 Å². The van der Waals surface area contributed by atoms with Gasteiger partial charge in [-0.1, -0.05) is 24.3 Å². The second kappa shape index (κ2) is 5.00. The molecule has 3 rings (SSSR count). The molecule has 2 aromatic carbocycles. The zero-order valence-corrected chi connectivity index (χ0v) is 11.6. The smallest absolute Gasteiger partial charge is 0.174 e. The molecule has 0 fully saturated rings. The number of ether oxygens (including phenoxy) is 2. The Morgan fingerprint density at radius 2 is 1.90 bits per heavy atom. The van der Waals surface area contributed by atoms with E-state index < -0.39 is 0 Å². The summed E-state index contributed by atoms with van der Waals surface area (Å²) in [6, 6.07) is 13.4. The van der Waals surface area contributed by atoms with E-state index in [1.807, 2.05) is 18.2 Å². The normalized spacial score (nSPS) is 16.0. The van der Waals surface area contributed by atoms with Crippen LogP contribution in [0.4, 0.5) is 0 Å². The lowest BCUT2D eigenvalue weighted by molar-refractivity contribution is 0.0945. The van der Waals surface area contributed by atoms with E-state index in [4.69, 9.17) is 9.47 Å². The van der Waals surface area contributed by atoms with E-state index in [2.05, 4.69) is 6.07 Å². The van der Waals surface area contributed by atoms with Gasteiger partial charge in [-0.25, -0.2) is 0 Å². The summed E-state index contributed by atoms with van der Waals surface area (Å²) in [5.41, 5.74) is 2.97. The Kier molecular flexibility index (Phi) is 3.18. The zero-order chi connectivity index (χ0) is 14.1. The molecule has 0 spiro atoms. The van der Waals surface area contributed by atoms with Crippen molar-refractivity contribution in [2.45, 2.75) is 12.3 Å². The largest absolute Gasteiger partial charge is 0.497 e. The van der Waals surface area contributed by atoms with Crippen LogP contribution in [0.25, 0.3) is 0 Å². The fourth-order valence-corrected chi connectivity index (χ4v) is 2.69. The summed E-state index contributed by atoms with van der Waals surface area (Å²) < 4.78 is 10.5. The van der Waals surface area contributed by atoms with Crippen molar-refractivity contribution in [3.05, 3.63) is 59.2 Å². The number of hydrogen-bond acceptors (Lipinski definition) is 3. The first-order valence-corrected chi connectivity index (χ1v) is 6.58. The number of ketones is 1. The fourth-order valence-electron chi connectivity index (χ4n) is 2.69. The lowest BCUT2D eigenvalue weighted by atomic mass is 9.73. The summed E-state index contributed by atoms with van der Waals surface area (Å²) in [7, 11) is 3.17. The van der Waals surface area contributed by atoms with E-state index in [0.717, 1.165) is 12.0 Å². The third-order valence-electron chi connectivity index (χ3n) is 3.84. The highest BCUT2D eigenvalue weighted by atomic mass is 16.5. The van der Waals surface area contributed by atoms with Crippen molar-refractivity contribution in [2.24, 2.45) is 0 Å². The quantitative estimate of drug-likeness (QED) is 0.799. The lowest BCUT2D eigenvalue weighted by Gasteiger charge is -2.29. The molecule has 0 aliphatic heterocycles. The molecule has 1 aliphatic rings. The van der Waals surface area contributed by atoms with E-state index in [1.165, 1.54) is 5.56 Å². The van der Waals surface area contributed by atoms with Crippen LogP contribution < -0.4 is 9.47 Å². The number of Topliss-reactive ketones (excluding diaryl/α,β-unsaturated/α-hetero) is 1. The van der Waals surface area contributed by atoms with Crippen LogP contribution in [0, 0.1) is 0 Å². The molecule has 1 atom stereocenters. The van der Waals surface area contributed by atoms with Crippen LogP contribution in [0.2, 0.25) is 0 Å². The number of benzene rings is 2. The van der Waals surface area contributed by atoms with Crippen LogP contribution in [0.3, 0.4) is 0 Å². The topological polar surface area (TPSA) is 35.5 Å². The van der Waals surface area contributed by atoms with E-state index in [-0.39, 0.29) is 11.7 Å². The highest BCUT2D eigenvalue weighted by Crippen LogP contribution is 2.39. The third kappa shape index (κ3) is 1.95. The maximum absolute atomic E-state index is 12.7. The van der Waals surface area contributed by atoms with Gasteiger partial charge in [0.2, 0.25) is 0 Å². The second-order valence-corrected chi connectivity index (χ2v) is 4.89. The van der Waals surface area contributed by atoms with Crippen molar-refractivity contribution in [3.8, 4) is 11.5 Å². The Morgan fingerprint density at radius 3 is 2.60 bits per heavy atom. The Hall–Kier alpha value is -2.29. The van der Waals surface area contributed by atoms with Gasteiger partial charge in [0.15, 0.2) is 5.78 Å². The summed E-state index contributed by atoms with van der Waals surface area (Å²) in [6.45, 7) is 0. The van der Waals surface area contributed by atoms with E-state index in [1.54, 1.807) is 32.4 Å². The van der Waals surface area contributed by atoms with Crippen molar-refractivity contribution in [2.75, 3.05) is 14.2 Å². The van der Waals surface area contributed by atoms with Gasteiger partial charge in [-0.2, -0.15) is 0 Å². The van der Waals surface area contributed by atoms with Gasteiger partial charge in [-0.15, -0.1) is 0 Å². The summed E-state index contributed by atoms with van der Waals surface area (Å²) >= 11 is 0. The molecule has 3 nitrogen and oxygen atoms in total. The number of carbonyl (C=O) groups is 1. The van der Waals surface area contributed by atoms with Crippen LogP contribution in [-0.4, -0.2) is 20.0 Å². The number of rotatable bonds is 4. The SMILES string of the molecule is COc1ccc(OC)c(C(=O)C2Cc3ccccc32)c1. The summed E-state index contributed by atoms with van der Waals surface area (Å²) in [5.74, 6) is 1.30. The summed E-state index contributed by atoms with van der Waals surface area (Å²) in [5, 5.41) is 0. The Bertz CT molecular complexity index is 661. The van der Waals surface area contributed by atoms with Gasteiger partial charge in [-0.05, 0) is 35.7 Å². The standard InChI is InChI=1S/C17H16O3/c1-19-12-7-8-16(20-2)15(10-12)17(18)14-9-11-5-3-4-6-13(11)14/h3-8,10,14H,9H2,1-2H3. The van der Waals surface area contributed by atoms with E-state index in [0.29, 0.717) is 17.1 Å². The maximum Gasteiger partial charge on any atom is 0.174 e. The average Bonchev–Trinajstić information content (AvgIpc) is 2.47. The molecule has 2 aromatic rings. The molecule has 1 unspecified atom stereocenters. The minimum Gasteiger partial charge on any atom is -0.497 e. The first kappa shape index (κ1) is 12.7. The lowest BCUT2D eigenvalue weighted by Crippen LogP contribution is -2.25. The highest BCUT2D eigenvalue weighted by molar-refractivity contribution is 6.05. The molecule has 0 saturated heterocycles. The highest BCUT2D eigenvalue weighted by Gasteiger charge is 2.33. The zero-order valence-electron chi connectivity index (χ0n) is 11.6. The van der Waals surface area contributed by atoms with Crippen LogP contribution in [0.1, 0.15) is 27.4 Å². The molecule has 20 heavy (non-hydrogen) atoms. The molecule has 0 heterocycles. The number of carbonyl (C=O) groups excluding carboxylic acids is 1. The first-order valence-electron chi connectivity index (χ1n) is 6.58. The van der Waals surface area contributed by atoms with Crippen molar-refractivity contribution in [1.82, 2.24) is 0 Å². The van der Waals surface area contributed by atoms with Crippen molar-refractivity contribution in [3.63, 3.8) is 0 Å². The van der Waals surface area contributed by atoms with Gasteiger partial charge in [0.1, 0.15) is 11.5 Å².